The summed E-state index contributed by atoms with van der Waals surface area (Å²) in [6.07, 6.45) is 3.06. The number of halogens is 1. The lowest BCUT2D eigenvalue weighted by Gasteiger charge is -2.16. The zero-order valence-electron chi connectivity index (χ0n) is 18.7. The lowest BCUT2D eigenvalue weighted by atomic mass is 10.1. The summed E-state index contributed by atoms with van der Waals surface area (Å²) >= 11 is 6.51. The van der Waals surface area contributed by atoms with Crippen molar-refractivity contribution in [2.45, 2.75) is 27.3 Å². The van der Waals surface area contributed by atoms with Gasteiger partial charge in [-0.15, -0.1) is 0 Å². The van der Waals surface area contributed by atoms with Crippen molar-refractivity contribution in [1.82, 2.24) is 14.7 Å². The van der Waals surface area contributed by atoms with Gasteiger partial charge in [-0.1, -0.05) is 60.1 Å². The molecule has 0 saturated carbocycles. The first-order chi connectivity index (χ1) is 15.3. The van der Waals surface area contributed by atoms with Gasteiger partial charge in [0.25, 0.3) is 0 Å². The topological polar surface area (TPSA) is 67.2 Å². The fourth-order valence-electron chi connectivity index (χ4n) is 3.38. The fourth-order valence-corrected chi connectivity index (χ4v) is 3.68. The van der Waals surface area contributed by atoms with Crippen LogP contribution in [0.5, 0.6) is 0 Å². The van der Waals surface area contributed by atoms with Crippen LogP contribution in [0, 0.1) is 20.8 Å². The first-order valence-electron chi connectivity index (χ1n) is 10.3. The minimum absolute atomic E-state index is 0.0586. The maximum absolute atomic E-state index is 12.5. The molecular formula is C25H27ClN4O2. The second kappa shape index (κ2) is 10.3. The molecule has 1 aromatic heterocycles. The number of hydrogen-bond acceptors (Lipinski definition) is 3. The molecule has 166 valence electrons. The highest BCUT2D eigenvalue weighted by Gasteiger charge is 2.15. The van der Waals surface area contributed by atoms with Crippen molar-refractivity contribution >= 4 is 35.2 Å². The van der Waals surface area contributed by atoms with Crippen LogP contribution in [-0.2, 0) is 16.1 Å². The van der Waals surface area contributed by atoms with E-state index >= 15 is 0 Å². The Kier molecular flexibility index (Phi) is 7.49. The molecule has 0 saturated heterocycles. The molecule has 0 aliphatic carbocycles. The van der Waals surface area contributed by atoms with Crippen LogP contribution in [0.3, 0.4) is 0 Å². The third kappa shape index (κ3) is 5.65. The van der Waals surface area contributed by atoms with E-state index < -0.39 is 0 Å². The predicted molar refractivity (Wildman–Crippen MR) is 129 cm³/mol. The monoisotopic (exact) mass is 450 g/mol. The second-order valence-corrected chi connectivity index (χ2v) is 8.13. The number of benzene rings is 2. The normalized spacial score (nSPS) is 11.0. The number of aromatic nitrogens is 2. The minimum Gasteiger partial charge on any atom is -0.333 e. The Morgan fingerprint density at radius 1 is 1.06 bits per heavy atom. The van der Waals surface area contributed by atoms with Gasteiger partial charge in [-0.25, -0.2) is 4.68 Å². The van der Waals surface area contributed by atoms with Gasteiger partial charge in [-0.2, -0.15) is 5.10 Å². The molecule has 0 spiro atoms. The molecule has 3 aromatic rings. The highest BCUT2D eigenvalue weighted by atomic mass is 35.5. The van der Waals surface area contributed by atoms with Gasteiger partial charge in [-0.3, -0.25) is 9.59 Å². The quantitative estimate of drug-likeness (QED) is 0.534. The molecule has 6 nitrogen and oxygen atoms in total. The van der Waals surface area contributed by atoms with E-state index in [-0.39, 0.29) is 18.4 Å². The Morgan fingerprint density at radius 2 is 1.72 bits per heavy atom. The molecule has 0 fully saturated rings. The first kappa shape index (κ1) is 23.3. The molecule has 0 bridgehead atoms. The van der Waals surface area contributed by atoms with Crippen LogP contribution in [0.4, 0.5) is 5.69 Å². The number of amides is 2. The summed E-state index contributed by atoms with van der Waals surface area (Å²) in [6.45, 7) is 6.20. The molecule has 0 unspecified atom stereocenters. The van der Waals surface area contributed by atoms with Gasteiger partial charge in [0.2, 0.25) is 11.8 Å². The maximum atomic E-state index is 12.5. The molecule has 0 atom stereocenters. The highest BCUT2D eigenvalue weighted by molar-refractivity contribution is 6.31. The molecule has 0 radical (unpaired) electrons. The Labute approximate surface area is 193 Å². The van der Waals surface area contributed by atoms with Crippen molar-refractivity contribution < 1.29 is 9.59 Å². The van der Waals surface area contributed by atoms with Crippen molar-refractivity contribution in [3.8, 4) is 0 Å². The van der Waals surface area contributed by atoms with Gasteiger partial charge in [0.15, 0.2) is 0 Å². The van der Waals surface area contributed by atoms with E-state index in [0.29, 0.717) is 17.3 Å². The zero-order chi connectivity index (χ0) is 23.3. The second-order valence-electron chi connectivity index (χ2n) is 7.78. The number of likely N-dealkylation sites (N-methyl/N-ethyl adjacent to an activating group) is 1. The summed E-state index contributed by atoms with van der Waals surface area (Å²) < 4.78 is 1.71. The predicted octanol–water partition coefficient (Wildman–Crippen LogP) is 4.62. The van der Waals surface area contributed by atoms with E-state index in [9.17, 15) is 9.59 Å². The number of aryl methyl sites for hydroxylation is 3. The largest absolute Gasteiger partial charge is 0.333 e. The molecule has 1 heterocycles. The van der Waals surface area contributed by atoms with Crippen LogP contribution >= 0.6 is 11.6 Å². The molecule has 1 N–H and O–H groups in total. The number of carbonyl (C=O) groups is 2. The third-order valence-corrected chi connectivity index (χ3v) is 5.58. The van der Waals surface area contributed by atoms with E-state index in [1.54, 1.807) is 17.8 Å². The third-order valence-electron chi connectivity index (χ3n) is 5.18. The van der Waals surface area contributed by atoms with E-state index in [1.165, 1.54) is 11.0 Å². The van der Waals surface area contributed by atoms with Gasteiger partial charge in [0, 0.05) is 24.4 Å². The van der Waals surface area contributed by atoms with Crippen molar-refractivity contribution in [2.24, 2.45) is 0 Å². The highest BCUT2D eigenvalue weighted by Crippen LogP contribution is 2.22. The van der Waals surface area contributed by atoms with E-state index in [2.05, 4.69) is 10.4 Å². The Morgan fingerprint density at radius 3 is 2.38 bits per heavy atom. The summed E-state index contributed by atoms with van der Waals surface area (Å²) in [7, 11) is 1.59. The summed E-state index contributed by atoms with van der Waals surface area (Å²) in [5.74, 6) is -0.551. The van der Waals surface area contributed by atoms with E-state index in [4.69, 9.17) is 11.6 Å². The maximum Gasteiger partial charge on any atom is 0.246 e. The fraction of sp³-hybridized carbons (Fsp3) is 0.240. The van der Waals surface area contributed by atoms with Crippen LogP contribution in [0.2, 0.25) is 5.15 Å². The van der Waals surface area contributed by atoms with Crippen molar-refractivity contribution in [2.75, 3.05) is 18.9 Å². The number of rotatable bonds is 7. The Balaban J connectivity index is 1.63. The van der Waals surface area contributed by atoms with Gasteiger partial charge in [0.05, 0.1) is 18.8 Å². The molecule has 3 rings (SSSR count). The summed E-state index contributed by atoms with van der Waals surface area (Å²) in [5.41, 5.74) is 5.23. The number of para-hydroxylation sites is 1. The standard InChI is InChI=1S/C25H27ClN4O2/c1-17-9-8-10-18(2)24(17)27-22(31)16-29(4)23(32)14-13-21-19(3)28-30(25(21)26)15-20-11-6-5-7-12-20/h5-14H,15-16H2,1-4H3,(H,27,31)/b14-13+. The van der Waals surface area contributed by atoms with Crippen LogP contribution in [0.1, 0.15) is 27.9 Å². The minimum atomic E-state index is -0.298. The van der Waals surface area contributed by atoms with E-state index in [0.717, 1.165) is 28.1 Å². The lowest BCUT2D eigenvalue weighted by Crippen LogP contribution is -2.34. The number of hydrogen-bond donors (Lipinski definition) is 1. The molecule has 32 heavy (non-hydrogen) atoms. The molecule has 0 aliphatic heterocycles. The van der Waals surface area contributed by atoms with Crippen molar-refractivity contribution in [1.29, 1.82) is 0 Å². The summed E-state index contributed by atoms with van der Waals surface area (Å²) in [4.78, 5) is 26.3. The van der Waals surface area contributed by atoms with Crippen molar-refractivity contribution in [3.05, 3.63) is 87.7 Å². The SMILES string of the molecule is Cc1cccc(C)c1NC(=O)CN(C)C(=O)/C=C/c1c(C)nn(Cc2ccccc2)c1Cl. The smallest absolute Gasteiger partial charge is 0.246 e. The van der Waals surface area contributed by atoms with E-state index in [1.807, 2.05) is 69.3 Å². The Hall–Kier alpha value is -3.38. The molecular weight excluding hydrogens is 424 g/mol. The van der Waals surface area contributed by atoms with Gasteiger partial charge < -0.3 is 10.2 Å². The summed E-state index contributed by atoms with van der Waals surface area (Å²) in [5, 5.41) is 7.84. The van der Waals surface area contributed by atoms with Crippen LogP contribution in [0.15, 0.2) is 54.6 Å². The summed E-state index contributed by atoms with van der Waals surface area (Å²) in [6, 6.07) is 15.7. The zero-order valence-corrected chi connectivity index (χ0v) is 19.5. The van der Waals surface area contributed by atoms with Gasteiger partial charge >= 0.3 is 0 Å². The van der Waals surface area contributed by atoms with Crippen LogP contribution in [0.25, 0.3) is 6.08 Å². The number of nitrogens with one attached hydrogen (secondary N) is 1. The Bertz CT molecular complexity index is 1130. The van der Waals surface area contributed by atoms with Crippen LogP contribution in [-0.4, -0.2) is 40.1 Å². The average Bonchev–Trinajstić information content (AvgIpc) is 3.02. The molecule has 2 aromatic carbocycles. The first-order valence-corrected chi connectivity index (χ1v) is 10.7. The van der Waals surface area contributed by atoms with Crippen LogP contribution < -0.4 is 5.32 Å². The molecule has 0 aliphatic rings. The van der Waals surface area contributed by atoms with Crippen molar-refractivity contribution in [3.63, 3.8) is 0 Å². The molecule has 2 amide bonds. The average molecular weight is 451 g/mol. The van der Waals surface area contributed by atoms with Gasteiger partial charge in [-0.05, 0) is 43.5 Å². The lowest BCUT2D eigenvalue weighted by molar-refractivity contribution is -0.129. The van der Waals surface area contributed by atoms with Gasteiger partial charge in [0.1, 0.15) is 5.15 Å². The number of anilines is 1. The number of nitrogens with zero attached hydrogens (tertiary/aromatic N) is 3. The number of carbonyl (C=O) groups excluding carboxylic acids is 2. The molecule has 7 heteroatoms.